The molecular weight excluding hydrogens is 572 g/mol. The Bertz CT molecular complexity index is 1810. The van der Waals surface area contributed by atoms with E-state index in [9.17, 15) is 23.2 Å². The Kier molecular flexibility index (Phi) is 7.05. The maximum Gasteiger partial charge on any atom is 0.302 e. The fourth-order valence-electron chi connectivity index (χ4n) is 6.27. The Morgan fingerprint density at radius 3 is 2.67 bits per heavy atom. The average molecular weight is 602 g/mol. The highest BCUT2D eigenvalue weighted by Gasteiger charge is 2.59. The molecule has 4 heterocycles. The molecule has 8 nitrogen and oxygen atoms in total. The summed E-state index contributed by atoms with van der Waals surface area (Å²) < 4.78 is 28.1. The normalized spacial score (nSPS) is 20.0. The largest absolute Gasteiger partial charge is 0.350 e. The van der Waals surface area contributed by atoms with Crippen molar-refractivity contribution in [3.63, 3.8) is 0 Å². The second-order valence-corrected chi connectivity index (χ2v) is 12.5. The van der Waals surface area contributed by atoms with Crippen molar-refractivity contribution in [1.29, 1.82) is 0 Å². The lowest BCUT2D eigenvalue weighted by atomic mass is 9.79. The van der Waals surface area contributed by atoms with E-state index >= 15 is 0 Å². The Balaban J connectivity index is 1.33. The maximum atomic E-state index is 14.4. The van der Waals surface area contributed by atoms with Crippen molar-refractivity contribution in [2.24, 2.45) is 5.92 Å². The molecule has 220 valence electrons. The number of amides is 3. The second kappa shape index (κ2) is 10.6. The van der Waals surface area contributed by atoms with Crippen molar-refractivity contribution in [1.82, 2.24) is 14.8 Å². The zero-order valence-electron chi connectivity index (χ0n) is 23.8. The van der Waals surface area contributed by atoms with Gasteiger partial charge in [-0.15, -0.1) is 0 Å². The Morgan fingerprint density at radius 2 is 1.98 bits per heavy atom. The van der Waals surface area contributed by atoms with E-state index in [-0.39, 0.29) is 41.4 Å². The van der Waals surface area contributed by atoms with Crippen LogP contribution in [0.4, 0.5) is 14.5 Å². The number of rotatable bonds is 6. The molecular formula is C32H29F2N5O3S. The minimum atomic E-state index is -1.10. The summed E-state index contributed by atoms with van der Waals surface area (Å²) in [6.07, 6.45) is -0.478. The molecule has 0 saturated carbocycles. The summed E-state index contributed by atoms with van der Waals surface area (Å²) in [4.78, 5) is 50.6. The number of hydrogen-bond acceptors (Lipinski definition) is 4. The minimum Gasteiger partial charge on any atom is -0.350 e. The molecule has 0 bridgehead atoms. The van der Waals surface area contributed by atoms with Crippen LogP contribution in [-0.2, 0) is 15.0 Å². The topological polar surface area (TPSA) is 89.9 Å². The molecule has 43 heavy (non-hydrogen) atoms. The number of likely N-dealkylation sites (tertiary alicyclic amines) is 1. The van der Waals surface area contributed by atoms with E-state index in [4.69, 9.17) is 6.57 Å². The van der Waals surface area contributed by atoms with Crippen molar-refractivity contribution in [3.8, 4) is 11.1 Å². The third-order valence-corrected chi connectivity index (χ3v) is 9.17. The first-order valence-electron chi connectivity index (χ1n) is 13.9. The molecule has 1 fully saturated rings. The molecule has 1 spiro atoms. The van der Waals surface area contributed by atoms with Gasteiger partial charge in [-0.2, -0.15) is 11.3 Å². The number of benzene rings is 2. The number of carbonyl (C=O) groups is 3. The van der Waals surface area contributed by atoms with Gasteiger partial charge in [-0.05, 0) is 70.1 Å². The highest BCUT2D eigenvalue weighted by Crippen LogP contribution is 2.48. The number of nitrogens with one attached hydrogen (secondary N) is 2. The highest BCUT2D eigenvalue weighted by molar-refractivity contribution is 7.08. The van der Waals surface area contributed by atoms with Crippen LogP contribution in [0.1, 0.15) is 42.7 Å². The molecule has 0 unspecified atom stereocenters. The van der Waals surface area contributed by atoms with Crippen LogP contribution in [0.15, 0.2) is 53.2 Å². The first kappa shape index (κ1) is 28.6. The number of anilines is 1. The lowest BCUT2D eigenvalue weighted by Crippen LogP contribution is -2.51. The quantitative estimate of drug-likeness (QED) is 0.265. The van der Waals surface area contributed by atoms with Crippen molar-refractivity contribution in [2.75, 3.05) is 18.9 Å². The van der Waals surface area contributed by atoms with Crippen molar-refractivity contribution >= 4 is 45.6 Å². The summed E-state index contributed by atoms with van der Waals surface area (Å²) in [6, 6.07) is 9.94. The zero-order chi connectivity index (χ0) is 30.6. The molecule has 11 heteroatoms. The van der Waals surface area contributed by atoms with E-state index in [0.717, 1.165) is 28.8 Å². The van der Waals surface area contributed by atoms with Gasteiger partial charge in [-0.3, -0.25) is 24.1 Å². The molecule has 2 aromatic carbocycles. The standard InChI is InChI=1S/C32H29F2N5O3S/c1-17(2)9-27(38(4)29(40)26-13-21-23(34)11-20(33)12-25(21)36-26)30(41)39-16-32(14-28(39)35-3)22-10-18(19-7-8-43-15-19)5-6-24(22)37-31(32)42/h5-8,10-13,15,17,27-28,36H,9,14,16H2,1-2,4H3,(H,37,42)/t27-,28-,32-/m0/s1. The fourth-order valence-corrected chi connectivity index (χ4v) is 6.94. The molecule has 2 N–H and O–H groups in total. The van der Waals surface area contributed by atoms with Crippen LogP contribution < -0.4 is 5.32 Å². The van der Waals surface area contributed by atoms with Gasteiger partial charge in [0.25, 0.3) is 11.8 Å². The summed E-state index contributed by atoms with van der Waals surface area (Å²) in [6.45, 7) is 11.8. The summed E-state index contributed by atoms with van der Waals surface area (Å²) in [7, 11) is 1.49. The van der Waals surface area contributed by atoms with E-state index < -0.39 is 41.1 Å². The number of fused-ring (bicyclic) bond motifs is 3. The van der Waals surface area contributed by atoms with E-state index in [1.165, 1.54) is 22.9 Å². The molecule has 2 aliphatic rings. The SMILES string of the molecule is [C-]#[N+][C@@H]1C[C@@]2(CN1C(=O)[C@H](CC(C)C)N(C)C(=O)c1cc3c(F)cc(F)cc3[nH]1)C(=O)Nc1ccc(-c3ccsc3)cc12. The number of thiophene rings is 1. The number of carbonyl (C=O) groups excluding carboxylic acids is 3. The predicted molar refractivity (Wildman–Crippen MR) is 160 cm³/mol. The lowest BCUT2D eigenvalue weighted by molar-refractivity contribution is -0.136. The van der Waals surface area contributed by atoms with Crippen LogP contribution in [0.2, 0.25) is 0 Å². The summed E-state index contributed by atoms with van der Waals surface area (Å²) in [5.41, 5.74) is 2.41. The Morgan fingerprint density at radius 1 is 1.19 bits per heavy atom. The van der Waals surface area contributed by atoms with E-state index in [2.05, 4.69) is 15.1 Å². The van der Waals surface area contributed by atoms with Crippen LogP contribution in [0.5, 0.6) is 0 Å². The molecule has 0 radical (unpaired) electrons. The first-order valence-corrected chi connectivity index (χ1v) is 14.9. The van der Waals surface area contributed by atoms with Gasteiger partial charge in [-0.1, -0.05) is 19.9 Å². The molecule has 2 aromatic heterocycles. The molecule has 3 amide bonds. The minimum absolute atomic E-state index is 0.00168. The monoisotopic (exact) mass is 601 g/mol. The van der Waals surface area contributed by atoms with E-state index in [1.807, 2.05) is 48.9 Å². The number of H-pyrrole nitrogens is 1. The van der Waals surface area contributed by atoms with Gasteiger partial charge in [0.1, 0.15) is 28.8 Å². The van der Waals surface area contributed by atoms with Crippen LogP contribution in [0.3, 0.4) is 0 Å². The number of aromatic nitrogens is 1. The molecule has 0 aliphatic carbocycles. The van der Waals surface area contributed by atoms with E-state index in [1.54, 1.807) is 11.3 Å². The molecule has 6 rings (SSSR count). The van der Waals surface area contributed by atoms with Gasteiger partial charge in [0.2, 0.25) is 5.91 Å². The number of aromatic amines is 1. The van der Waals surface area contributed by atoms with Crippen LogP contribution >= 0.6 is 11.3 Å². The Labute approximate surface area is 251 Å². The number of likely N-dealkylation sites (N-methyl/N-ethyl adjacent to an activating group) is 1. The third kappa shape index (κ3) is 4.76. The van der Waals surface area contributed by atoms with Gasteiger partial charge in [0.05, 0.1) is 11.9 Å². The highest BCUT2D eigenvalue weighted by atomic mass is 32.1. The molecule has 4 aromatic rings. The van der Waals surface area contributed by atoms with Crippen molar-refractivity contribution in [2.45, 2.75) is 44.3 Å². The zero-order valence-corrected chi connectivity index (χ0v) is 24.6. The van der Waals surface area contributed by atoms with E-state index in [0.29, 0.717) is 12.1 Å². The number of nitrogens with zero attached hydrogens (tertiary/aromatic N) is 3. The van der Waals surface area contributed by atoms with Crippen molar-refractivity contribution in [3.05, 3.63) is 87.5 Å². The summed E-state index contributed by atoms with van der Waals surface area (Å²) in [5, 5.41) is 7.01. The molecule has 3 atom stereocenters. The second-order valence-electron chi connectivity index (χ2n) is 11.7. The maximum absolute atomic E-state index is 14.4. The summed E-state index contributed by atoms with van der Waals surface area (Å²) >= 11 is 1.57. The predicted octanol–water partition coefficient (Wildman–Crippen LogP) is 6.03. The average Bonchev–Trinajstić information content (AvgIpc) is 3.77. The fraction of sp³-hybridized carbons (Fsp3) is 0.312. The van der Waals surface area contributed by atoms with Gasteiger partial charge in [0, 0.05) is 30.7 Å². The third-order valence-electron chi connectivity index (χ3n) is 8.49. The van der Waals surface area contributed by atoms with Crippen LogP contribution in [0, 0.1) is 24.1 Å². The lowest BCUT2D eigenvalue weighted by Gasteiger charge is -2.32. The van der Waals surface area contributed by atoms with Crippen LogP contribution in [-0.4, -0.2) is 58.3 Å². The van der Waals surface area contributed by atoms with Crippen LogP contribution in [0.25, 0.3) is 26.9 Å². The van der Waals surface area contributed by atoms with Gasteiger partial charge < -0.3 is 15.2 Å². The van der Waals surface area contributed by atoms with Gasteiger partial charge in [-0.25, -0.2) is 15.4 Å². The van der Waals surface area contributed by atoms with Gasteiger partial charge >= 0.3 is 6.17 Å². The Hall–Kier alpha value is -4.56. The smallest absolute Gasteiger partial charge is 0.302 e. The summed E-state index contributed by atoms with van der Waals surface area (Å²) in [5.74, 6) is -2.85. The van der Waals surface area contributed by atoms with Gasteiger partial charge in [0.15, 0.2) is 0 Å². The first-order chi connectivity index (χ1) is 20.5. The molecule has 1 saturated heterocycles. The number of halogens is 2. The molecule has 2 aliphatic heterocycles. The number of hydrogen-bond donors (Lipinski definition) is 2. The van der Waals surface area contributed by atoms with Crippen molar-refractivity contribution < 1.29 is 23.2 Å².